The van der Waals surface area contributed by atoms with Gasteiger partial charge in [0.25, 0.3) is 11.6 Å². The zero-order valence-corrected chi connectivity index (χ0v) is 15.8. The van der Waals surface area contributed by atoms with Crippen molar-refractivity contribution in [3.8, 4) is 0 Å². The van der Waals surface area contributed by atoms with E-state index in [1.807, 2.05) is 0 Å². The maximum Gasteiger partial charge on any atom is 0.270 e. The van der Waals surface area contributed by atoms with Crippen LogP contribution in [-0.4, -0.2) is 15.8 Å². The summed E-state index contributed by atoms with van der Waals surface area (Å²) in [7, 11) is 0. The lowest BCUT2D eigenvalue weighted by Gasteiger charge is -1.97. The first-order valence-electron chi connectivity index (χ1n) is 7.16. The highest BCUT2D eigenvalue weighted by molar-refractivity contribution is 7.23. The summed E-state index contributed by atoms with van der Waals surface area (Å²) in [6, 6.07) is 9.58. The molecule has 2 heterocycles. The summed E-state index contributed by atoms with van der Waals surface area (Å²) in [4.78, 5) is 27.7. The van der Waals surface area contributed by atoms with Gasteiger partial charge in [-0.05, 0) is 24.3 Å². The van der Waals surface area contributed by atoms with E-state index in [4.69, 9.17) is 23.2 Å². The van der Waals surface area contributed by atoms with Crippen molar-refractivity contribution in [3.05, 3.63) is 61.4 Å². The number of nitrogens with zero attached hydrogens (tertiary/aromatic N) is 2. The molecule has 0 saturated carbocycles. The second kappa shape index (κ2) is 6.48. The topological polar surface area (TPSA) is 85.1 Å². The van der Waals surface area contributed by atoms with Gasteiger partial charge in [0.05, 0.1) is 24.5 Å². The van der Waals surface area contributed by atoms with Gasteiger partial charge in [-0.3, -0.25) is 20.2 Å². The number of halogens is 2. The third-order valence-corrected chi connectivity index (χ3v) is 6.45. The maximum absolute atomic E-state index is 12.5. The van der Waals surface area contributed by atoms with E-state index >= 15 is 0 Å². The van der Waals surface area contributed by atoms with Gasteiger partial charge in [0.1, 0.15) is 5.52 Å². The molecule has 0 unspecified atom stereocenters. The molecule has 4 aromatic rings. The van der Waals surface area contributed by atoms with Gasteiger partial charge in [0.15, 0.2) is 5.13 Å². The number of non-ortho nitro benzene ring substituents is 1. The van der Waals surface area contributed by atoms with Crippen molar-refractivity contribution in [1.82, 2.24) is 4.98 Å². The van der Waals surface area contributed by atoms with E-state index < -0.39 is 4.92 Å². The van der Waals surface area contributed by atoms with Crippen molar-refractivity contribution in [2.45, 2.75) is 0 Å². The minimum atomic E-state index is -0.465. The van der Waals surface area contributed by atoms with Crippen LogP contribution in [0, 0.1) is 10.1 Å². The van der Waals surface area contributed by atoms with Gasteiger partial charge in [-0.2, -0.15) is 0 Å². The second-order valence-corrected chi connectivity index (χ2v) is 8.17. The molecule has 0 atom stereocenters. The Kier molecular flexibility index (Phi) is 4.28. The Bertz CT molecular complexity index is 1200. The van der Waals surface area contributed by atoms with Gasteiger partial charge in [-0.25, -0.2) is 4.98 Å². The van der Waals surface area contributed by atoms with Crippen LogP contribution < -0.4 is 5.32 Å². The average Bonchev–Trinajstić information content (AvgIpc) is 3.21. The third-order valence-electron chi connectivity index (χ3n) is 3.61. The van der Waals surface area contributed by atoms with E-state index in [9.17, 15) is 14.9 Å². The first-order chi connectivity index (χ1) is 12.4. The van der Waals surface area contributed by atoms with E-state index in [2.05, 4.69) is 10.3 Å². The van der Waals surface area contributed by atoms with Crippen LogP contribution >= 0.6 is 45.9 Å². The number of carbonyl (C=O) groups is 1. The number of benzene rings is 2. The van der Waals surface area contributed by atoms with E-state index in [0.717, 1.165) is 9.40 Å². The van der Waals surface area contributed by atoms with Crippen molar-refractivity contribution < 1.29 is 9.72 Å². The number of thiazole rings is 1. The van der Waals surface area contributed by atoms with Gasteiger partial charge >= 0.3 is 0 Å². The van der Waals surface area contributed by atoms with Crippen LogP contribution in [0.3, 0.4) is 0 Å². The number of amides is 1. The maximum atomic E-state index is 12.5. The number of hydrogen-bond donors (Lipinski definition) is 1. The van der Waals surface area contributed by atoms with Gasteiger partial charge in [-0.15, -0.1) is 11.3 Å². The van der Waals surface area contributed by atoms with E-state index in [1.54, 1.807) is 24.3 Å². The predicted octanol–water partition coefficient (Wildman–Crippen LogP) is 5.98. The number of fused-ring (bicyclic) bond motifs is 2. The number of nitro benzene ring substituents is 1. The highest BCUT2D eigenvalue weighted by atomic mass is 35.5. The number of hydrogen-bond acceptors (Lipinski definition) is 6. The molecule has 0 fully saturated rings. The lowest BCUT2D eigenvalue weighted by molar-refractivity contribution is -0.384. The molecule has 0 aliphatic carbocycles. The standard InChI is InChI=1S/C16H7Cl2N3O3S2/c17-9-2-4-11-14(13(9)18)19-16(26-11)20-15(22)12-6-7-5-8(21(23)24)1-3-10(7)25-12/h1-6H,(H,19,20,22). The van der Waals surface area contributed by atoms with Crippen molar-refractivity contribution in [3.63, 3.8) is 0 Å². The molecule has 0 saturated heterocycles. The summed E-state index contributed by atoms with van der Waals surface area (Å²) >= 11 is 14.6. The highest BCUT2D eigenvalue weighted by Crippen LogP contribution is 2.36. The molecule has 1 amide bonds. The van der Waals surface area contributed by atoms with E-state index in [-0.39, 0.29) is 11.6 Å². The number of anilines is 1. The van der Waals surface area contributed by atoms with Crippen molar-refractivity contribution in [2.24, 2.45) is 0 Å². The number of aromatic nitrogens is 1. The van der Waals surface area contributed by atoms with Crippen LogP contribution in [0.5, 0.6) is 0 Å². The molecule has 0 radical (unpaired) electrons. The lowest BCUT2D eigenvalue weighted by Crippen LogP contribution is -2.09. The predicted molar refractivity (Wildman–Crippen MR) is 106 cm³/mol. The smallest absolute Gasteiger partial charge is 0.270 e. The normalized spacial score (nSPS) is 11.2. The van der Waals surface area contributed by atoms with Crippen molar-refractivity contribution in [2.75, 3.05) is 5.32 Å². The molecular formula is C16H7Cl2N3O3S2. The molecule has 2 aromatic carbocycles. The number of rotatable bonds is 3. The molecule has 26 heavy (non-hydrogen) atoms. The summed E-state index contributed by atoms with van der Waals surface area (Å²) < 4.78 is 1.60. The zero-order valence-electron chi connectivity index (χ0n) is 12.7. The number of nitrogens with one attached hydrogen (secondary N) is 1. The zero-order chi connectivity index (χ0) is 18.4. The van der Waals surface area contributed by atoms with Crippen LogP contribution in [0.4, 0.5) is 10.8 Å². The molecular weight excluding hydrogens is 417 g/mol. The Morgan fingerprint density at radius 3 is 2.65 bits per heavy atom. The molecule has 4 rings (SSSR count). The Labute approximate surface area is 164 Å². The molecule has 0 aliphatic heterocycles. The van der Waals surface area contributed by atoms with Crippen LogP contribution in [0.2, 0.25) is 10.0 Å². The lowest BCUT2D eigenvalue weighted by atomic mass is 10.2. The van der Waals surface area contributed by atoms with Crippen LogP contribution in [0.1, 0.15) is 9.67 Å². The summed E-state index contributed by atoms with van der Waals surface area (Å²) in [5.41, 5.74) is 0.520. The van der Waals surface area contributed by atoms with E-state index in [1.165, 1.54) is 34.8 Å². The highest BCUT2D eigenvalue weighted by Gasteiger charge is 2.16. The number of nitro groups is 1. The molecule has 130 valence electrons. The summed E-state index contributed by atoms with van der Waals surface area (Å²) in [6.07, 6.45) is 0. The fourth-order valence-electron chi connectivity index (χ4n) is 2.41. The average molecular weight is 424 g/mol. The molecule has 6 nitrogen and oxygen atoms in total. The molecule has 2 aromatic heterocycles. The third kappa shape index (κ3) is 3.01. The first-order valence-corrected chi connectivity index (χ1v) is 9.55. The van der Waals surface area contributed by atoms with Crippen LogP contribution in [0.15, 0.2) is 36.4 Å². The molecule has 10 heteroatoms. The van der Waals surface area contributed by atoms with Crippen molar-refractivity contribution >= 4 is 82.9 Å². The molecule has 0 bridgehead atoms. The molecule has 0 aliphatic rings. The summed E-state index contributed by atoms with van der Waals surface area (Å²) in [6.45, 7) is 0. The Morgan fingerprint density at radius 1 is 1.12 bits per heavy atom. The Hall–Kier alpha value is -2.26. The summed E-state index contributed by atoms with van der Waals surface area (Å²) in [5, 5.41) is 15.4. The fourth-order valence-corrected chi connectivity index (χ4v) is 4.63. The molecule has 1 N–H and O–H groups in total. The molecule has 0 spiro atoms. The van der Waals surface area contributed by atoms with Gasteiger partial charge in [0, 0.05) is 22.2 Å². The monoisotopic (exact) mass is 423 g/mol. The minimum Gasteiger partial charge on any atom is -0.297 e. The second-order valence-electron chi connectivity index (χ2n) is 5.27. The van der Waals surface area contributed by atoms with Gasteiger partial charge in [-0.1, -0.05) is 34.5 Å². The largest absolute Gasteiger partial charge is 0.297 e. The quantitative estimate of drug-likeness (QED) is 0.324. The van der Waals surface area contributed by atoms with Crippen LogP contribution in [-0.2, 0) is 0 Å². The number of thiophene rings is 1. The number of carbonyl (C=O) groups excluding carboxylic acids is 1. The van der Waals surface area contributed by atoms with Crippen molar-refractivity contribution in [1.29, 1.82) is 0 Å². The fraction of sp³-hybridized carbons (Fsp3) is 0. The van der Waals surface area contributed by atoms with Crippen LogP contribution in [0.25, 0.3) is 20.3 Å². The van der Waals surface area contributed by atoms with E-state index in [0.29, 0.717) is 31.0 Å². The Balaban J connectivity index is 1.65. The van der Waals surface area contributed by atoms with Gasteiger partial charge in [0.2, 0.25) is 0 Å². The first kappa shape index (κ1) is 17.2. The van der Waals surface area contributed by atoms with Gasteiger partial charge < -0.3 is 0 Å². The summed E-state index contributed by atoms with van der Waals surface area (Å²) in [5.74, 6) is -0.338. The SMILES string of the molecule is O=C(Nc1nc2c(Cl)c(Cl)ccc2s1)c1cc2cc([N+](=O)[O-])ccc2s1. The minimum absolute atomic E-state index is 0.0139. The Morgan fingerprint density at radius 2 is 1.88 bits per heavy atom.